The van der Waals surface area contributed by atoms with E-state index in [1.807, 2.05) is 0 Å². The van der Waals surface area contributed by atoms with E-state index in [-0.39, 0.29) is 124 Å². The first-order valence-corrected chi connectivity index (χ1v) is 42.1. The van der Waals surface area contributed by atoms with Crippen molar-refractivity contribution in [2.75, 3.05) is 51.0 Å². The highest BCUT2D eigenvalue weighted by atomic mass is 16.5. The van der Waals surface area contributed by atoms with Crippen LogP contribution in [-0.4, -0.2) is 217 Å². The molecule has 42 nitrogen and oxygen atoms in total. The average Bonchev–Trinajstić information content (AvgIpc) is 0.830. The number of carbonyl (C=O) groups is 18. The molecule has 6 aromatic carbocycles. The molecule has 1 aliphatic heterocycles. The predicted octanol–water partition coefficient (Wildman–Crippen LogP) is -1.90. The number of hydrogen-bond acceptors (Lipinski definition) is 24. The second kappa shape index (κ2) is 53.6. The van der Waals surface area contributed by atoms with E-state index in [1.54, 1.807) is 121 Å². The van der Waals surface area contributed by atoms with Gasteiger partial charge in [-0.3, -0.25) is 108 Å². The van der Waals surface area contributed by atoms with Crippen molar-refractivity contribution >= 4 is 118 Å². The molecule has 4 bridgehead atoms. The van der Waals surface area contributed by atoms with Crippen molar-refractivity contribution in [3.63, 3.8) is 0 Å². The topological polar surface area (TPSA) is 663 Å². The number of carboxylic acid groups (broad SMARTS) is 2. The van der Waals surface area contributed by atoms with Gasteiger partial charge in [-0.2, -0.15) is 0 Å². The number of hydrazine groups is 2. The number of rotatable bonds is 24. The van der Waals surface area contributed by atoms with Crippen molar-refractivity contribution in [2.24, 2.45) is 22.9 Å². The summed E-state index contributed by atoms with van der Waals surface area (Å²) in [6.45, 7) is 0.0973. The van der Waals surface area contributed by atoms with Gasteiger partial charge in [-0.15, -0.1) is 0 Å². The monoisotopic (exact) mass is 1800 g/mol. The van der Waals surface area contributed by atoms with E-state index in [0.29, 0.717) is 47.9 Å². The molecule has 42 heteroatoms. The van der Waals surface area contributed by atoms with Gasteiger partial charge in [0.05, 0.1) is 37.4 Å². The molecule has 7 rings (SSSR count). The lowest BCUT2D eigenvalue weighted by molar-refractivity contribution is -0.139. The largest absolute Gasteiger partial charge is 0.496 e. The number of anilines is 2. The molecule has 130 heavy (non-hydrogen) atoms. The number of hydrogen-bond donors (Lipinski definition) is 22. The minimum absolute atomic E-state index is 0.00260. The minimum atomic E-state index is -1.65. The molecule has 0 saturated heterocycles. The standard InChI is InChI=1S/C88H112N20O22/c1-129-69-37-33-55-49-57(69)73(113)105-107-83(123)67(47-53-25-11-5-12-26-53)101-79(119)63(35-39-71(109)110)97-75(115)59(91)29-19-44-94-78(118)62(32-16-18-42-90)100-82(122)66(46-52-23-9-4-10-24-52)104-88(128)86(126)96-56-34-38-70(130-2)58(50-56)74(114)106-108-84(124)68(48-54-27-13-6-14-28-54)102-80(120)64(36-40-72(111)112)98-76(116)60(92)30-20-43-93-77(117)61(31-15-17-41-89)99-81(121)65(103-87(127)85(125)95-55)45-51-21-7-3-8-22-51/h3-14,21-28,33-34,37-38,49-50,59-68H,15-20,29-32,35-36,39-48,89-92H2,1-2H3,(H,93,117)(H,94,118)(H,95,125)(H,96,126)(H,97,115)(H,98,116)(H,99,121)(H,100,122)(H,101,119)(H,102,120)(H,103,127)(H,104,128)(H,105,113)(H,106,114)(H,107,123)(H,108,124)(H,109,110)(H,111,112)/t59-,60-,61-,62-,63-,64-,65-,66-,67-,68-/m0/s1. The highest BCUT2D eigenvalue weighted by Crippen LogP contribution is 2.25. The van der Waals surface area contributed by atoms with Crippen LogP contribution in [0.25, 0.3) is 0 Å². The number of carbonyl (C=O) groups excluding carboxylic acids is 16. The summed E-state index contributed by atoms with van der Waals surface area (Å²) >= 11 is 0. The number of nitrogens with one attached hydrogen (secondary N) is 16. The van der Waals surface area contributed by atoms with Gasteiger partial charge in [0.15, 0.2) is 0 Å². The van der Waals surface area contributed by atoms with Crippen LogP contribution >= 0.6 is 0 Å². The van der Waals surface area contributed by atoms with E-state index in [4.69, 9.17) is 32.4 Å². The first-order chi connectivity index (χ1) is 62.4. The van der Waals surface area contributed by atoms with Gasteiger partial charge < -0.3 is 106 Å². The molecule has 0 saturated carbocycles. The number of nitrogens with two attached hydrogens (primary N) is 4. The molecule has 0 spiro atoms. The van der Waals surface area contributed by atoms with Crippen LogP contribution in [0.15, 0.2) is 158 Å². The molecule has 10 atom stereocenters. The van der Waals surface area contributed by atoms with Gasteiger partial charge in [0.1, 0.15) is 59.8 Å². The fourth-order valence-corrected chi connectivity index (χ4v) is 13.4. The summed E-state index contributed by atoms with van der Waals surface area (Å²) in [4.78, 5) is 250. The van der Waals surface area contributed by atoms with Gasteiger partial charge in [-0.1, -0.05) is 121 Å². The molecule has 0 unspecified atom stereocenters. The van der Waals surface area contributed by atoms with E-state index in [2.05, 4.69) is 85.5 Å². The second-order valence-corrected chi connectivity index (χ2v) is 30.3. The number of amides is 16. The van der Waals surface area contributed by atoms with Crippen molar-refractivity contribution in [2.45, 2.75) is 176 Å². The number of carboxylic acids is 2. The quantitative estimate of drug-likeness (QED) is 0.0232. The lowest BCUT2D eigenvalue weighted by Crippen LogP contribution is -2.58. The van der Waals surface area contributed by atoms with Crippen LogP contribution < -0.4 is 118 Å². The summed E-state index contributed by atoms with van der Waals surface area (Å²) in [5.74, 6) is -19.9. The van der Waals surface area contributed by atoms with Crippen molar-refractivity contribution in [1.82, 2.24) is 74.9 Å². The van der Waals surface area contributed by atoms with E-state index < -0.39 is 193 Å². The van der Waals surface area contributed by atoms with Crippen LogP contribution in [0.4, 0.5) is 11.4 Å². The van der Waals surface area contributed by atoms with Gasteiger partial charge in [0, 0.05) is 63.0 Å². The lowest BCUT2D eigenvalue weighted by atomic mass is 10.0. The smallest absolute Gasteiger partial charge is 0.313 e. The van der Waals surface area contributed by atoms with Crippen LogP contribution in [0.5, 0.6) is 11.5 Å². The maximum absolute atomic E-state index is 14.4. The normalized spacial score (nSPS) is 21.1. The zero-order valence-electron chi connectivity index (χ0n) is 71.7. The van der Waals surface area contributed by atoms with Crippen LogP contribution in [0, 0.1) is 0 Å². The number of benzene rings is 6. The van der Waals surface area contributed by atoms with E-state index in [0.717, 1.165) is 12.1 Å². The average molecular weight is 1800 g/mol. The third-order valence-corrected chi connectivity index (χ3v) is 20.4. The molecule has 6 aromatic rings. The van der Waals surface area contributed by atoms with Gasteiger partial charge in [-0.25, -0.2) is 0 Å². The molecular formula is C88H112N20O22. The summed E-state index contributed by atoms with van der Waals surface area (Å²) in [6, 6.07) is 25.2. The first-order valence-electron chi connectivity index (χ1n) is 42.1. The maximum atomic E-state index is 14.4. The number of unbranched alkanes of at least 4 members (excludes halogenated alkanes) is 2. The van der Waals surface area contributed by atoms with E-state index in [1.165, 1.54) is 38.5 Å². The van der Waals surface area contributed by atoms with Gasteiger partial charge in [0.2, 0.25) is 47.3 Å². The molecule has 0 fully saturated rings. The molecule has 0 aliphatic carbocycles. The molecule has 1 heterocycles. The molecule has 16 amide bonds. The number of ether oxygens (including phenoxy) is 2. The SMILES string of the molecule is COc1ccc2cc1C(=O)NNC(=O)[C@H](Cc1ccccc1)NC(=O)[C@H](CCC(=O)O)NC(=O)[C@@H](N)CCCNC(=O)[C@H](CCCCN)NC(=O)[C@H](Cc1ccccc1)NC(=O)C(=O)Nc1ccc(OC)c(c1)C(=O)NNC(=O)[C@H](Cc1ccccc1)NC(=O)[C@H](CCC(=O)O)NC(=O)[C@@H](N)CCCNC(=O)[C@H](CCCCN)NC(=O)[C@H](Cc1ccccc1)NC(=O)C(=O)N2. The fraction of sp³-hybridized carbons (Fsp3) is 0.386. The van der Waals surface area contributed by atoms with E-state index in [9.17, 15) is 96.5 Å². The van der Waals surface area contributed by atoms with Crippen LogP contribution in [-0.2, 0) is 102 Å². The summed E-state index contributed by atoms with van der Waals surface area (Å²) in [7, 11) is 2.40. The summed E-state index contributed by atoms with van der Waals surface area (Å²) in [5.41, 5.74) is 34.2. The van der Waals surface area contributed by atoms with Crippen LogP contribution in [0.3, 0.4) is 0 Å². The van der Waals surface area contributed by atoms with Crippen molar-refractivity contribution in [3.05, 3.63) is 191 Å². The lowest BCUT2D eigenvalue weighted by Gasteiger charge is -2.24. The summed E-state index contributed by atoms with van der Waals surface area (Å²) in [6.07, 6.45) is -2.19. The van der Waals surface area contributed by atoms with E-state index >= 15 is 0 Å². The Hall–Kier alpha value is -14.8. The van der Waals surface area contributed by atoms with Crippen molar-refractivity contribution < 1.29 is 106 Å². The highest BCUT2D eigenvalue weighted by molar-refractivity contribution is 6.40. The Morgan fingerprint density at radius 1 is 0.331 bits per heavy atom. The Labute approximate surface area is 748 Å². The number of aliphatic carboxylic acids is 2. The Bertz CT molecular complexity index is 4620. The van der Waals surface area contributed by atoms with Crippen molar-refractivity contribution in [3.8, 4) is 11.5 Å². The minimum Gasteiger partial charge on any atom is -0.496 e. The summed E-state index contributed by atoms with van der Waals surface area (Å²) in [5, 5.41) is 49.8. The molecule has 0 aromatic heterocycles. The second-order valence-electron chi connectivity index (χ2n) is 30.3. The van der Waals surface area contributed by atoms with Crippen LogP contribution in [0.2, 0.25) is 0 Å². The molecule has 696 valence electrons. The number of methoxy groups -OCH3 is 2. The van der Waals surface area contributed by atoms with Crippen molar-refractivity contribution in [1.29, 1.82) is 0 Å². The fourth-order valence-electron chi connectivity index (χ4n) is 13.4. The van der Waals surface area contributed by atoms with Gasteiger partial charge in [0.25, 0.3) is 23.6 Å². The maximum Gasteiger partial charge on any atom is 0.313 e. The van der Waals surface area contributed by atoms with Gasteiger partial charge in [-0.05, 0) is 149 Å². The summed E-state index contributed by atoms with van der Waals surface area (Å²) < 4.78 is 10.8. The Balaban J connectivity index is 1.17. The Morgan fingerprint density at radius 3 is 0.931 bits per heavy atom. The zero-order chi connectivity index (χ0) is 94.6. The Kier molecular flexibility index (Phi) is 42.2. The van der Waals surface area contributed by atoms with Gasteiger partial charge >= 0.3 is 35.6 Å². The molecule has 0 radical (unpaired) electrons. The highest BCUT2D eigenvalue weighted by Gasteiger charge is 2.36. The Morgan fingerprint density at radius 2 is 0.623 bits per heavy atom. The predicted molar refractivity (Wildman–Crippen MR) is 470 cm³/mol. The molecule has 26 N–H and O–H groups in total. The number of fused-ring (bicyclic) bond motifs is 4. The van der Waals surface area contributed by atoms with Crippen LogP contribution in [0.1, 0.15) is 133 Å². The molecule has 1 aliphatic rings. The zero-order valence-corrected chi connectivity index (χ0v) is 71.7. The third kappa shape index (κ3) is 34.5. The first kappa shape index (κ1) is 102. The third-order valence-electron chi connectivity index (χ3n) is 20.4. The molecular weight excluding hydrogens is 1690 g/mol.